The minimum atomic E-state index is -4.14. The Balaban J connectivity index is 2.10. The molecule has 0 amide bonds. The molecule has 2 saturated carbocycles. The molecule has 0 aliphatic heterocycles. The van der Waals surface area contributed by atoms with E-state index in [1.807, 2.05) is 0 Å². The van der Waals surface area contributed by atoms with Crippen LogP contribution in [0.2, 0.25) is 0 Å². The lowest BCUT2D eigenvalue weighted by atomic mass is 10.00. The Labute approximate surface area is 67.9 Å². The molecule has 0 aromatic heterocycles. The third kappa shape index (κ3) is 1.04. The van der Waals surface area contributed by atoms with Gasteiger partial charge in [0.1, 0.15) is 5.78 Å². The van der Waals surface area contributed by atoms with Gasteiger partial charge >= 0.3 is 6.18 Å². The van der Waals surface area contributed by atoms with Gasteiger partial charge in [-0.05, 0) is 18.8 Å². The highest BCUT2D eigenvalue weighted by atomic mass is 19.4. The van der Waals surface area contributed by atoms with Crippen molar-refractivity contribution in [2.45, 2.75) is 25.4 Å². The second-order valence-electron chi connectivity index (χ2n) is 3.62. The second-order valence-corrected chi connectivity index (χ2v) is 3.62. The Hall–Kier alpha value is -0.540. The summed E-state index contributed by atoms with van der Waals surface area (Å²) in [6.07, 6.45) is -2.56. The Morgan fingerprint density at radius 2 is 2.00 bits per heavy atom. The van der Waals surface area contributed by atoms with E-state index in [2.05, 4.69) is 0 Å². The topological polar surface area (TPSA) is 17.1 Å². The number of carbonyl (C=O) groups is 1. The maximum absolute atomic E-state index is 12.2. The normalized spacial score (nSPS) is 40.9. The zero-order chi connectivity index (χ0) is 8.93. The summed E-state index contributed by atoms with van der Waals surface area (Å²) in [6, 6.07) is 0. The van der Waals surface area contributed by atoms with Gasteiger partial charge < -0.3 is 0 Å². The van der Waals surface area contributed by atoms with Gasteiger partial charge in [-0.3, -0.25) is 4.79 Å². The van der Waals surface area contributed by atoms with Crippen LogP contribution >= 0.6 is 0 Å². The molecule has 4 heteroatoms. The first kappa shape index (κ1) is 8.08. The molecule has 0 saturated heterocycles. The third-order valence-corrected chi connectivity index (χ3v) is 2.88. The average Bonchev–Trinajstić information content (AvgIpc) is 2.60. The fourth-order valence-electron chi connectivity index (χ4n) is 2.30. The largest absolute Gasteiger partial charge is 0.392 e. The molecule has 0 unspecified atom stereocenters. The first-order chi connectivity index (χ1) is 5.52. The number of Topliss-reactive ketones (excluding diaryl/α,β-unsaturated/α-hetero) is 1. The summed E-state index contributed by atoms with van der Waals surface area (Å²) in [7, 11) is 0. The smallest absolute Gasteiger partial charge is 0.299 e. The molecule has 0 bridgehead atoms. The van der Waals surface area contributed by atoms with Crippen LogP contribution in [-0.4, -0.2) is 12.0 Å². The molecule has 68 valence electrons. The van der Waals surface area contributed by atoms with Crippen LogP contribution < -0.4 is 0 Å². The summed E-state index contributed by atoms with van der Waals surface area (Å²) in [5.41, 5.74) is 0. The molecular weight excluding hydrogens is 169 g/mol. The highest BCUT2D eigenvalue weighted by molar-refractivity contribution is 5.85. The van der Waals surface area contributed by atoms with E-state index in [0.717, 1.165) is 0 Å². The number of hydrogen-bond acceptors (Lipinski definition) is 1. The molecule has 0 spiro atoms. The number of carbonyl (C=O) groups excluding carboxylic acids is 1. The summed E-state index contributed by atoms with van der Waals surface area (Å²) >= 11 is 0. The van der Waals surface area contributed by atoms with Crippen LogP contribution in [-0.2, 0) is 4.79 Å². The predicted octanol–water partition coefficient (Wildman–Crippen LogP) is 2.16. The fourth-order valence-corrected chi connectivity index (χ4v) is 2.30. The van der Waals surface area contributed by atoms with Gasteiger partial charge in [0.2, 0.25) is 0 Å². The number of fused-ring (bicyclic) bond motifs is 1. The van der Waals surface area contributed by atoms with Crippen molar-refractivity contribution in [3.63, 3.8) is 0 Å². The van der Waals surface area contributed by atoms with E-state index >= 15 is 0 Å². The molecule has 0 aromatic carbocycles. The number of rotatable bonds is 0. The predicted molar refractivity (Wildman–Crippen MR) is 35.4 cm³/mol. The first-order valence-electron chi connectivity index (χ1n) is 4.11. The summed E-state index contributed by atoms with van der Waals surface area (Å²) in [4.78, 5) is 11.0. The number of hydrogen-bond donors (Lipinski definition) is 0. The lowest BCUT2D eigenvalue weighted by molar-refractivity contribution is -0.156. The van der Waals surface area contributed by atoms with Crippen LogP contribution in [0.3, 0.4) is 0 Å². The van der Waals surface area contributed by atoms with Crippen molar-refractivity contribution in [1.82, 2.24) is 0 Å². The number of halogens is 3. The van der Waals surface area contributed by atoms with Gasteiger partial charge in [-0.25, -0.2) is 0 Å². The van der Waals surface area contributed by atoms with Crippen molar-refractivity contribution in [3.8, 4) is 0 Å². The van der Waals surface area contributed by atoms with Gasteiger partial charge in [-0.15, -0.1) is 0 Å². The third-order valence-electron chi connectivity index (χ3n) is 2.88. The van der Waals surface area contributed by atoms with Crippen LogP contribution in [0.5, 0.6) is 0 Å². The van der Waals surface area contributed by atoms with Gasteiger partial charge in [-0.1, -0.05) is 0 Å². The van der Waals surface area contributed by atoms with Gasteiger partial charge in [-0.2, -0.15) is 13.2 Å². The van der Waals surface area contributed by atoms with Crippen molar-refractivity contribution in [1.29, 1.82) is 0 Å². The molecule has 3 atom stereocenters. The molecule has 2 fully saturated rings. The molecule has 0 heterocycles. The molecule has 2 aliphatic rings. The highest BCUT2D eigenvalue weighted by Crippen LogP contribution is 2.60. The molecule has 2 rings (SSSR count). The van der Waals surface area contributed by atoms with E-state index in [9.17, 15) is 18.0 Å². The molecule has 0 N–H and O–H groups in total. The van der Waals surface area contributed by atoms with Gasteiger partial charge in [0.05, 0.1) is 5.92 Å². The standard InChI is InChI=1S/C8H9F3O/c9-8(10,11)7-4-2-1-3-5(12)6(4)7/h4,6-7H,1-3H2/t4-,6-,7+/m1/s1. The summed E-state index contributed by atoms with van der Waals surface area (Å²) in [5.74, 6) is -2.51. The van der Waals surface area contributed by atoms with Crippen molar-refractivity contribution < 1.29 is 18.0 Å². The average molecular weight is 178 g/mol. The van der Waals surface area contributed by atoms with Crippen molar-refractivity contribution in [3.05, 3.63) is 0 Å². The van der Waals surface area contributed by atoms with E-state index in [4.69, 9.17) is 0 Å². The van der Waals surface area contributed by atoms with Crippen LogP contribution in [0.1, 0.15) is 19.3 Å². The van der Waals surface area contributed by atoms with Gasteiger partial charge in [0, 0.05) is 12.3 Å². The Kier molecular flexibility index (Phi) is 1.50. The lowest BCUT2D eigenvalue weighted by Crippen LogP contribution is -2.14. The minimum absolute atomic E-state index is 0.173. The van der Waals surface area contributed by atoms with E-state index < -0.39 is 18.0 Å². The highest BCUT2D eigenvalue weighted by Gasteiger charge is 2.67. The van der Waals surface area contributed by atoms with E-state index in [1.54, 1.807) is 0 Å². The monoisotopic (exact) mass is 178 g/mol. The van der Waals surface area contributed by atoms with Crippen molar-refractivity contribution in [2.24, 2.45) is 17.8 Å². The Morgan fingerprint density at radius 1 is 1.33 bits per heavy atom. The van der Waals surface area contributed by atoms with E-state index in [-0.39, 0.29) is 11.7 Å². The molecule has 2 aliphatic carbocycles. The molecule has 1 nitrogen and oxygen atoms in total. The second kappa shape index (κ2) is 2.24. The Bertz CT molecular complexity index is 221. The SMILES string of the molecule is O=C1CCC[C@@H]2[C@H]1[C@H]2C(F)(F)F. The number of alkyl halides is 3. The lowest BCUT2D eigenvalue weighted by Gasteiger charge is -2.04. The maximum Gasteiger partial charge on any atom is 0.392 e. The van der Waals surface area contributed by atoms with Crippen LogP contribution in [0, 0.1) is 17.8 Å². The van der Waals surface area contributed by atoms with E-state index in [1.165, 1.54) is 0 Å². The maximum atomic E-state index is 12.2. The molecule has 12 heavy (non-hydrogen) atoms. The zero-order valence-corrected chi connectivity index (χ0v) is 6.40. The summed E-state index contributed by atoms with van der Waals surface area (Å²) in [6.45, 7) is 0. The van der Waals surface area contributed by atoms with E-state index in [0.29, 0.717) is 19.3 Å². The summed E-state index contributed by atoms with van der Waals surface area (Å²) < 4.78 is 36.5. The fraction of sp³-hybridized carbons (Fsp3) is 0.875. The molecular formula is C8H9F3O. The molecule has 0 radical (unpaired) electrons. The van der Waals surface area contributed by atoms with Gasteiger partial charge in [0.15, 0.2) is 0 Å². The van der Waals surface area contributed by atoms with Crippen molar-refractivity contribution >= 4 is 5.78 Å². The minimum Gasteiger partial charge on any atom is -0.299 e. The van der Waals surface area contributed by atoms with Crippen LogP contribution in [0.4, 0.5) is 13.2 Å². The van der Waals surface area contributed by atoms with Crippen LogP contribution in [0.25, 0.3) is 0 Å². The van der Waals surface area contributed by atoms with Crippen LogP contribution in [0.15, 0.2) is 0 Å². The van der Waals surface area contributed by atoms with Crippen molar-refractivity contribution in [2.75, 3.05) is 0 Å². The van der Waals surface area contributed by atoms with Gasteiger partial charge in [0.25, 0.3) is 0 Å². The quantitative estimate of drug-likeness (QED) is 0.555. The zero-order valence-electron chi connectivity index (χ0n) is 6.40. The first-order valence-corrected chi connectivity index (χ1v) is 4.11. The molecule has 0 aromatic rings. The Morgan fingerprint density at radius 3 is 2.50 bits per heavy atom. The number of ketones is 1. The summed E-state index contributed by atoms with van der Waals surface area (Å²) in [5, 5.41) is 0.